The van der Waals surface area contributed by atoms with Crippen molar-refractivity contribution in [1.29, 1.82) is 0 Å². The molecule has 0 saturated heterocycles. The van der Waals surface area contributed by atoms with Gasteiger partial charge in [-0.2, -0.15) is 0 Å². The Morgan fingerprint density at radius 1 is 1.05 bits per heavy atom. The summed E-state index contributed by atoms with van der Waals surface area (Å²) in [5, 5.41) is 10.9. The van der Waals surface area contributed by atoms with Gasteiger partial charge in [-0.25, -0.2) is 0 Å². The van der Waals surface area contributed by atoms with E-state index in [-0.39, 0.29) is 5.75 Å². The summed E-state index contributed by atoms with van der Waals surface area (Å²) in [6.45, 7) is 0. The molecule has 0 spiro atoms. The number of hydrogen-bond acceptors (Lipinski definition) is 2. The fourth-order valence-corrected chi connectivity index (χ4v) is 2.96. The summed E-state index contributed by atoms with van der Waals surface area (Å²) in [7, 11) is 1.58. The Kier molecular flexibility index (Phi) is 5.03. The van der Waals surface area contributed by atoms with Crippen molar-refractivity contribution in [2.24, 2.45) is 0 Å². The molecule has 0 aliphatic rings. The van der Waals surface area contributed by atoms with E-state index in [0.717, 1.165) is 11.1 Å². The molecule has 0 bridgehead atoms. The molecule has 0 heterocycles. The number of aromatic hydroxyl groups is 1. The first-order valence-corrected chi connectivity index (χ1v) is 7.14. The molecule has 2 nitrogen and oxygen atoms in total. The van der Waals surface area contributed by atoms with Crippen molar-refractivity contribution in [1.82, 2.24) is 0 Å². The van der Waals surface area contributed by atoms with Crippen molar-refractivity contribution in [3.63, 3.8) is 0 Å². The maximum atomic E-state index is 9.41. The van der Waals surface area contributed by atoms with Gasteiger partial charge in [-0.1, -0.05) is 46.9 Å². The molecule has 20 heavy (non-hydrogen) atoms. The van der Waals surface area contributed by atoms with Gasteiger partial charge in [0.05, 0.1) is 12.1 Å². The summed E-state index contributed by atoms with van der Waals surface area (Å²) < 4.78 is 5.18. The van der Waals surface area contributed by atoms with Crippen LogP contribution >= 0.6 is 34.8 Å². The molecule has 0 fully saturated rings. The van der Waals surface area contributed by atoms with E-state index in [1.807, 2.05) is 18.2 Å². The first kappa shape index (κ1) is 15.3. The maximum absolute atomic E-state index is 9.41. The van der Waals surface area contributed by atoms with E-state index in [4.69, 9.17) is 39.5 Å². The Labute approximate surface area is 132 Å². The minimum Gasteiger partial charge on any atom is -0.508 e. The molecule has 0 aliphatic heterocycles. The molecule has 5 heteroatoms. The van der Waals surface area contributed by atoms with E-state index < -0.39 is 0 Å². The van der Waals surface area contributed by atoms with Gasteiger partial charge in [0.25, 0.3) is 0 Å². The number of phenols is 1. The van der Waals surface area contributed by atoms with Gasteiger partial charge in [0.1, 0.15) is 11.5 Å². The highest BCUT2D eigenvalue weighted by Gasteiger charge is 2.11. The first-order valence-electron chi connectivity index (χ1n) is 6.01. The van der Waals surface area contributed by atoms with Crippen molar-refractivity contribution in [3.05, 3.63) is 56.5 Å². The quantitative estimate of drug-likeness (QED) is 0.840. The Balaban J connectivity index is 2.21. The summed E-state index contributed by atoms with van der Waals surface area (Å²) in [4.78, 5) is 0. The molecule has 2 aromatic carbocycles. The molecule has 106 valence electrons. The van der Waals surface area contributed by atoms with Crippen LogP contribution in [0, 0.1) is 0 Å². The summed E-state index contributed by atoms with van der Waals surface area (Å²) >= 11 is 18.4. The van der Waals surface area contributed by atoms with Crippen LogP contribution in [0.15, 0.2) is 30.3 Å². The molecule has 0 aliphatic carbocycles. The van der Waals surface area contributed by atoms with Crippen molar-refractivity contribution in [2.45, 2.75) is 12.8 Å². The van der Waals surface area contributed by atoms with Crippen molar-refractivity contribution in [2.75, 3.05) is 7.11 Å². The summed E-state index contributed by atoms with van der Waals surface area (Å²) in [5.41, 5.74) is 1.76. The van der Waals surface area contributed by atoms with Crippen LogP contribution < -0.4 is 4.74 Å². The SMILES string of the molecule is COc1cccc(CCc2c(Cl)cc(O)cc2Cl)c1Cl. The van der Waals surface area contributed by atoms with Crippen molar-refractivity contribution in [3.8, 4) is 11.5 Å². The smallest absolute Gasteiger partial charge is 0.137 e. The van der Waals surface area contributed by atoms with E-state index >= 15 is 0 Å². The van der Waals surface area contributed by atoms with Gasteiger partial charge < -0.3 is 9.84 Å². The first-order chi connectivity index (χ1) is 9.52. The van der Waals surface area contributed by atoms with Crippen LogP contribution in [0.4, 0.5) is 0 Å². The van der Waals surface area contributed by atoms with Crippen LogP contribution in [0.1, 0.15) is 11.1 Å². The van der Waals surface area contributed by atoms with E-state index in [1.165, 1.54) is 12.1 Å². The summed E-state index contributed by atoms with van der Waals surface area (Å²) in [6, 6.07) is 8.60. The fraction of sp³-hybridized carbons (Fsp3) is 0.200. The van der Waals surface area contributed by atoms with E-state index in [9.17, 15) is 5.11 Å². The second-order valence-corrected chi connectivity index (χ2v) is 5.51. The van der Waals surface area contributed by atoms with Crippen LogP contribution in [0.3, 0.4) is 0 Å². The third kappa shape index (κ3) is 3.32. The lowest BCUT2D eigenvalue weighted by molar-refractivity contribution is 0.414. The predicted octanol–water partition coefficient (Wildman–Crippen LogP) is 5.15. The third-order valence-electron chi connectivity index (χ3n) is 3.03. The number of hydrogen-bond donors (Lipinski definition) is 1. The van der Waals surface area contributed by atoms with Gasteiger partial charge in [-0.3, -0.25) is 0 Å². The zero-order valence-corrected chi connectivity index (χ0v) is 13.1. The zero-order chi connectivity index (χ0) is 14.7. The average Bonchev–Trinajstić information content (AvgIpc) is 2.39. The van der Waals surface area contributed by atoms with Gasteiger partial charge >= 0.3 is 0 Å². The fourth-order valence-electron chi connectivity index (χ4n) is 2.00. The van der Waals surface area contributed by atoms with Crippen LogP contribution in [0.25, 0.3) is 0 Å². The van der Waals surface area contributed by atoms with Gasteiger partial charge in [-0.05, 0) is 42.2 Å². The third-order valence-corrected chi connectivity index (χ3v) is 4.14. The Morgan fingerprint density at radius 2 is 1.70 bits per heavy atom. The highest BCUT2D eigenvalue weighted by Crippen LogP contribution is 2.33. The van der Waals surface area contributed by atoms with Gasteiger partial charge in [-0.15, -0.1) is 0 Å². The lowest BCUT2D eigenvalue weighted by Gasteiger charge is -2.11. The second-order valence-electron chi connectivity index (χ2n) is 4.32. The van der Waals surface area contributed by atoms with Crippen molar-refractivity contribution < 1.29 is 9.84 Å². The topological polar surface area (TPSA) is 29.5 Å². The molecule has 1 N–H and O–H groups in total. The molecule has 2 rings (SSSR count). The number of benzene rings is 2. The second kappa shape index (κ2) is 6.57. The van der Waals surface area contributed by atoms with Gasteiger partial charge in [0.15, 0.2) is 0 Å². The monoisotopic (exact) mass is 330 g/mol. The number of phenolic OH excluding ortho intramolecular Hbond substituents is 1. The highest BCUT2D eigenvalue weighted by atomic mass is 35.5. The van der Waals surface area contributed by atoms with Crippen molar-refractivity contribution >= 4 is 34.8 Å². The zero-order valence-electron chi connectivity index (χ0n) is 10.8. The molecule has 0 aromatic heterocycles. The largest absolute Gasteiger partial charge is 0.508 e. The minimum absolute atomic E-state index is 0.0585. The maximum Gasteiger partial charge on any atom is 0.137 e. The van der Waals surface area contributed by atoms with Crippen LogP contribution in [-0.4, -0.2) is 12.2 Å². The number of ether oxygens (including phenoxy) is 1. The molecule has 2 aromatic rings. The molecular formula is C15H13Cl3O2. The van der Waals surface area contributed by atoms with E-state index in [2.05, 4.69) is 0 Å². The number of halogens is 3. The molecule has 0 atom stereocenters. The van der Waals surface area contributed by atoms with Crippen LogP contribution in [0.5, 0.6) is 11.5 Å². The minimum atomic E-state index is 0.0585. The lowest BCUT2D eigenvalue weighted by atomic mass is 10.0. The van der Waals surface area contributed by atoms with Gasteiger partial charge in [0.2, 0.25) is 0 Å². The van der Waals surface area contributed by atoms with Crippen LogP contribution in [0.2, 0.25) is 15.1 Å². The highest BCUT2D eigenvalue weighted by molar-refractivity contribution is 6.36. The summed E-state index contributed by atoms with van der Waals surface area (Å²) in [5.74, 6) is 0.704. The Bertz CT molecular complexity index is 604. The molecule has 0 radical (unpaired) electrons. The number of methoxy groups -OCH3 is 1. The predicted molar refractivity (Wildman–Crippen MR) is 83.5 cm³/mol. The lowest BCUT2D eigenvalue weighted by Crippen LogP contribution is -1.96. The standard InChI is InChI=1S/C15H13Cl3O2/c1-20-14-4-2-3-9(15(14)18)5-6-11-12(16)7-10(19)8-13(11)17/h2-4,7-8,19H,5-6H2,1H3. The molecule has 0 amide bonds. The molecular weight excluding hydrogens is 319 g/mol. The van der Waals surface area contributed by atoms with E-state index in [0.29, 0.717) is 33.7 Å². The van der Waals surface area contributed by atoms with Crippen LogP contribution in [-0.2, 0) is 12.8 Å². The number of rotatable bonds is 4. The molecule has 0 saturated carbocycles. The Hall–Kier alpha value is -1.09. The normalized spacial score (nSPS) is 10.6. The van der Waals surface area contributed by atoms with Gasteiger partial charge in [0, 0.05) is 10.0 Å². The summed E-state index contributed by atoms with van der Waals surface area (Å²) in [6.07, 6.45) is 1.31. The average molecular weight is 332 g/mol. The Morgan fingerprint density at radius 3 is 2.30 bits per heavy atom. The molecule has 0 unspecified atom stereocenters. The van der Waals surface area contributed by atoms with E-state index in [1.54, 1.807) is 7.11 Å². The number of aryl methyl sites for hydroxylation is 1.